The Bertz CT molecular complexity index is 3320. The van der Waals surface area contributed by atoms with Crippen LogP contribution in [0.3, 0.4) is 0 Å². The van der Waals surface area contributed by atoms with Gasteiger partial charge in [0.25, 0.3) is 0 Å². The molecule has 0 aromatic carbocycles. The van der Waals surface area contributed by atoms with Gasteiger partial charge in [0.15, 0.2) is 12.5 Å². The summed E-state index contributed by atoms with van der Waals surface area (Å²) in [4.78, 5) is 16.4. The van der Waals surface area contributed by atoms with Crippen LogP contribution in [0, 0.1) is 0 Å². The Morgan fingerprint density at radius 3 is 1.47 bits per heavy atom. The molecule has 20 nitrogen and oxygen atoms in total. The molecule has 0 amide bonds. The van der Waals surface area contributed by atoms with Crippen molar-refractivity contribution in [2.24, 2.45) is 5.73 Å². The summed E-state index contributed by atoms with van der Waals surface area (Å²) >= 11 is 11.1. The molecule has 0 saturated carbocycles. The molecule has 2 saturated heterocycles. The average Bonchev–Trinajstić information content (AvgIpc) is 4.26. The largest absolute Gasteiger partial charge is 0.389 e. The summed E-state index contributed by atoms with van der Waals surface area (Å²) in [6.45, 7) is 13.1. The van der Waals surface area contributed by atoms with Crippen molar-refractivity contribution in [2.75, 3.05) is 60.7 Å². The van der Waals surface area contributed by atoms with Crippen LogP contribution in [-0.2, 0) is 9.47 Å². The van der Waals surface area contributed by atoms with Crippen LogP contribution in [0.15, 0.2) is 73.2 Å². The molecule has 11 heterocycles. The lowest BCUT2D eigenvalue weighted by Gasteiger charge is -2.24. The summed E-state index contributed by atoms with van der Waals surface area (Å²) in [7, 11) is 0. The van der Waals surface area contributed by atoms with Crippen molar-refractivity contribution < 1.29 is 24.8 Å². The predicted molar refractivity (Wildman–Crippen MR) is 316 cm³/mol. The lowest BCUT2D eigenvalue weighted by molar-refractivity contribution is -0.0384. The number of H-pyrrole nitrogens is 1. The van der Waals surface area contributed by atoms with Crippen LogP contribution in [0.2, 0.25) is 5.02 Å². The first-order chi connectivity index (χ1) is 36.1. The monoisotopic (exact) mass is 1130 g/mol. The van der Waals surface area contributed by atoms with Crippen molar-refractivity contribution in [1.29, 1.82) is 0 Å². The quantitative estimate of drug-likeness (QED) is 0.0544. The highest BCUT2D eigenvalue weighted by Gasteiger charge is 2.24. The topological polar surface area (TPSA) is 310 Å². The number of hydrogen-bond acceptors (Lipinski definition) is 20. The third kappa shape index (κ3) is 15.6. The summed E-state index contributed by atoms with van der Waals surface area (Å²) in [5.74, 6) is 1.34. The first kappa shape index (κ1) is 58.7. The maximum Gasteiger partial charge on any atom is 0.150 e. The Kier molecular flexibility index (Phi) is 19.2. The Labute approximate surface area is 465 Å². The van der Waals surface area contributed by atoms with Crippen LogP contribution < -0.4 is 33.6 Å². The second-order valence-electron chi connectivity index (χ2n) is 20.5. The van der Waals surface area contributed by atoms with Crippen molar-refractivity contribution in [3.63, 3.8) is 0 Å². The fraction of sp³-hybridized carbons (Fsp3) is 0.434. The molecule has 0 spiro atoms. The van der Waals surface area contributed by atoms with E-state index >= 15 is 0 Å². The minimum absolute atomic E-state index is 0. The lowest BCUT2D eigenvalue weighted by atomic mass is 10.1. The molecular weight excluding hydrogens is 1060 g/mol. The van der Waals surface area contributed by atoms with Gasteiger partial charge in [0.2, 0.25) is 0 Å². The van der Waals surface area contributed by atoms with Crippen molar-refractivity contribution in [2.45, 2.75) is 117 Å². The van der Waals surface area contributed by atoms with Gasteiger partial charge >= 0.3 is 0 Å². The average molecular weight is 1130 g/mol. The van der Waals surface area contributed by atoms with E-state index in [0.717, 1.165) is 119 Å². The minimum atomic E-state index is -0.818. The number of rotatable bonds is 12. The number of thiophene rings is 3. The molecule has 0 radical (unpaired) electrons. The molecule has 2 aliphatic heterocycles. The van der Waals surface area contributed by atoms with Gasteiger partial charge in [-0.3, -0.25) is 5.10 Å². The molecule has 0 bridgehead atoms. The van der Waals surface area contributed by atoms with Gasteiger partial charge in [-0.2, -0.15) is 15.3 Å². The van der Waals surface area contributed by atoms with Gasteiger partial charge < -0.3 is 58.4 Å². The van der Waals surface area contributed by atoms with E-state index in [1.807, 2.05) is 58.0 Å². The smallest absolute Gasteiger partial charge is 0.150 e. The van der Waals surface area contributed by atoms with Gasteiger partial charge in [-0.1, -0.05) is 19.0 Å². The molecule has 9 aromatic rings. The fourth-order valence-electron chi connectivity index (χ4n) is 8.06. The number of fused-ring (bicyclic) bond motifs is 3. The van der Waals surface area contributed by atoms with Gasteiger partial charge in [-0.15, -0.1) is 34.0 Å². The zero-order valence-electron chi connectivity index (χ0n) is 43.5. The summed E-state index contributed by atoms with van der Waals surface area (Å²) in [5.41, 5.74) is 27.7. The van der Waals surface area contributed by atoms with E-state index in [0.29, 0.717) is 42.1 Å². The van der Waals surface area contributed by atoms with Crippen molar-refractivity contribution in [1.82, 2.24) is 44.7 Å². The van der Waals surface area contributed by atoms with Gasteiger partial charge in [-0.25, -0.2) is 24.3 Å². The lowest BCUT2D eigenvalue weighted by Crippen LogP contribution is -2.29. The molecule has 9 aromatic heterocycles. The Morgan fingerprint density at radius 1 is 0.623 bits per heavy atom. The van der Waals surface area contributed by atoms with Crippen LogP contribution in [0.25, 0.3) is 62.4 Å². The van der Waals surface area contributed by atoms with Crippen LogP contribution in [0.5, 0.6) is 0 Å². The molecule has 2 unspecified atom stereocenters. The zero-order valence-corrected chi connectivity index (χ0v) is 46.7. The number of aromatic nitrogens is 9. The number of nitrogens with two attached hydrogens (primary N) is 4. The molecule has 24 heteroatoms. The van der Waals surface area contributed by atoms with Crippen molar-refractivity contribution >= 4 is 105 Å². The Morgan fingerprint density at radius 2 is 1.05 bits per heavy atom. The second kappa shape index (κ2) is 25.2. The maximum atomic E-state index is 10.0. The number of hydrogen-bond donors (Lipinski definition) is 10. The van der Waals surface area contributed by atoms with Gasteiger partial charge in [0.1, 0.15) is 17.5 Å². The van der Waals surface area contributed by atoms with Gasteiger partial charge in [-0.05, 0) is 116 Å². The molecule has 14 N–H and O–H groups in total. The number of halogens is 1. The van der Waals surface area contributed by atoms with Crippen molar-refractivity contribution in [3.8, 4) is 31.7 Å². The van der Waals surface area contributed by atoms with Crippen LogP contribution in [0.4, 0.5) is 28.8 Å². The molecule has 2 fully saturated rings. The number of ether oxygens (including phenoxy) is 2. The number of anilines is 5. The highest BCUT2D eigenvalue weighted by Crippen LogP contribution is 2.41. The Balaban J connectivity index is 0.000000159. The molecule has 77 heavy (non-hydrogen) atoms. The summed E-state index contributed by atoms with van der Waals surface area (Å²) in [6.07, 6.45) is 11.8. The number of aromatic amines is 1. The highest BCUT2D eigenvalue weighted by atomic mass is 35.5. The normalized spacial score (nSPS) is 15.9. The van der Waals surface area contributed by atoms with Crippen molar-refractivity contribution in [3.05, 3.63) is 78.2 Å². The first-order valence-corrected chi connectivity index (χ1v) is 27.9. The van der Waals surface area contributed by atoms with Gasteiger partial charge in [0.05, 0.1) is 95.6 Å². The molecule has 0 aliphatic carbocycles. The third-order valence-corrected chi connectivity index (χ3v) is 15.8. The number of nitrogens with one attached hydrogen (secondary N) is 3. The Hall–Kier alpha value is -5.99. The SMILES string of the molecule is C.CC(C)(O)CN.CC(C)(O)CNc1cc(N)nc2cc(-c3ccn[nH]3)sc12.CC(C)(O)CNc1cc(N)nc2cc(-c3ccnn3C3CCCCO3)sc12.Nc1cc(Cl)c2sc(-c3ccnn3C3CCCCO3)cc2n1. The zero-order chi connectivity index (χ0) is 54.4. The van der Waals surface area contributed by atoms with E-state index in [4.69, 9.17) is 49.1 Å². The van der Waals surface area contributed by atoms with Crippen LogP contribution in [0.1, 0.15) is 99.9 Å². The maximum absolute atomic E-state index is 10.0. The number of pyridine rings is 3. The standard InChI is InChI=1S/C19H25N5O2S.C15H15ClN4OS.C14H17N5OS.C4H11NO.CH4/c1-19(2,25)11-21-12-10-16(20)23-13-9-15(27-18(12)13)14-6-7-22-24(14)17-5-3-4-8-26-17;16-9-7-13(17)19-10-8-12(22-15(9)10)11-4-5-18-20(11)14-3-1-2-6-21-14;1-14(2,20)7-16-9-6-12(15)18-10-5-11(21-13(9)10)8-3-4-17-19-8;1-4(2,6)3-5;/h6-7,9-10,17,25H,3-5,8,11H2,1-2H3,(H3,20,21,23);4-5,7-8,14H,1-3,6H2,(H2,17,19);3-6,20H,7H2,1-2H3,(H,17,19)(H3,15,16,18);6H,3,5H2,1-2H3;1H4. The van der Waals surface area contributed by atoms with Gasteiger partial charge in [0, 0.05) is 69.6 Å². The van der Waals surface area contributed by atoms with E-state index in [9.17, 15) is 10.2 Å². The van der Waals surface area contributed by atoms with E-state index in [2.05, 4.69) is 46.0 Å². The highest BCUT2D eigenvalue weighted by molar-refractivity contribution is 7.23. The third-order valence-electron chi connectivity index (χ3n) is 11.8. The molecule has 2 atom stereocenters. The van der Waals surface area contributed by atoms with Crippen LogP contribution in [-0.4, -0.2) is 110 Å². The summed E-state index contributed by atoms with van der Waals surface area (Å²) in [5, 5.41) is 51.6. The molecular formula is C53H72ClN15O5S3. The number of nitrogens with zero attached hydrogens (tertiary/aromatic N) is 8. The van der Waals surface area contributed by atoms with E-state index in [1.54, 1.807) is 100 Å². The molecule has 11 rings (SSSR count). The number of nitrogen functional groups attached to an aromatic ring is 3. The van der Waals surface area contributed by atoms with E-state index < -0.39 is 16.8 Å². The van der Waals surface area contributed by atoms with E-state index in [-0.39, 0.29) is 19.9 Å². The molecule has 414 valence electrons. The second-order valence-corrected chi connectivity index (χ2v) is 24.0. The van der Waals surface area contributed by atoms with Crippen LogP contribution >= 0.6 is 45.6 Å². The number of aliphatic hydroxyl groups is 3. The predicted octanol–water partition coefficient (Wildman–Crippen LogP) is 10.5. The molecule has 2 aliphatic rings. The fourth-order valence-corrected chi connectivity index (χ4v) is 11.6. The van der Waals surface area contributed by atoms with E-state index in [1.165, 1.54) is 6.42 Å². The summed E-state index contributed by atoms with van der Waals surface area (Å²) < 4.78 is 18.7. The first-order valence-electron chi connectivity index (χ1n) is 25.0. The minimum Gasteiger partial charge on any atom is -0.389 e. The summed E-state index contributed by atoms with van der Waals surface area (Å²) in [6, 6.07) is 17.3.